The number of carbonyl (C=O) groups is 3. The summed E-state index contributed by atoms with van der Waals surface area (Å²) in [6.07, 6.45) is 1.71. The molecule has 1 saturated heterocycles. The lowest BCUT2D eigenvalue weighted by atomic mass is 10.1. The van der Waals surface area contributed by atoms with Crippen LogP contribution in [-0.2, 0) is 14.4 Å². The van der Waals surface area contributed by atoms with Gasteiger partial charge in [0, 0.05) is 13.0 Å². The summed E-state index contributed by atoms with van der Waals surface area (Å²) in [6.45, 7) is 0.595. The molecule has 1 fully saturated rings. The van der Waals surface area contributed by atoms with E-state index in [4.69, 9.17) is 16.6 Å². The summed E-state index contributed by atoms with van der Waals surface area (Å²) < 4.78 is 0. The average molecular weight is 257 g/mol. The number of amides is 2. The minimum absolute atomic E-state index is 0.00992. The van der Waals surface area contributed by atoms with Crippen LogP contribution in [0.25, 0.3) is 0 Å². The van der Waals surface area contributed by atoms with Crippen LogP contribution in [0, 0.1) is 5.92 Å². The molecule has 1 aliphatic heterocycles. The van der Waals surface area contributed by atoms with Gasteiger partial charge in [-0.3, -0.25) is 9.59 Å². The van der Waals surface area contributed by atoms with E-state index in [1.165, 1.54) is 4.90 Å². The number of hydrogen-bond donors (Lipinski definition) is 3. The van der Waals surface area contributed by atoms with Gasteiger partial charge in [0.2, 0.25) is 11.8 Å². The van der Waals surface area contributed by atoms with E-state index in [0.29, 0.717) is 25.8 Å². The first-order valence-corrected chi connectivity index (χ1v) is 5.99. The van der Waals surface area contributed by atoms with Crippen LogP contribution >= 0.6 is 0 Å². The minimum Gasteiger partial charge on any atom is -0.480 e. The molecule has 0 aromatic heterocycles. The molecule has 0 aliphatic carbocycles. The normalized spacial score (nSPS) is 21.1. The molecular weight excluding hydrogens is 238 g/mol. The summed E-state index contributed by atoms with van der Waals surface area (Å²) in [4.78, 5) is 35.1. The second kappa shape index (κ2) is 6.34. The van der Waals surface area contributed by atoms with Crippen molar-refractivity contribution in [1.29, 1.82) is 0 Å². The number of aliphatic carboxylic acids is 1. The van der Waals surface area contributed by atoms with E-state index in [2.05, 4.69) is 0 Å². The molecule has 1 aliphatic rings. The van der Waals surface area contributed by atoms with E-state index in [1.807, 2.05) is 0 Å². The van der Waals surface area contributed by atoms with Crippen LogP contribution in [0.2, 0.25) is 0 Å². The number of carbonyl (C=O) groups excluding carboxylic acids is 2. The van der Waals surface area contributed by atoms with E-state index in [1.54, 1.807) is 0 Å². The maximum absolute atomic E-state index is 11.7. The maximum Gasteiger partial charge on any atom is 0.326 e. The predicted octanol–water partition coefficient (Wildman–Crippen LogP) is -1.10. The molecule has 0 radical (unpaired) electrons. The van der Waals surface area contributed by atoms with Crippen LogP contribution in [0.5, 0.6) is 0 Å². The molecule has 0 saturated carbocycles. The molecule has 0 aromatic carbocycles. The summed E-state index contributed by atoms with van der Waals surface area (Å²) >= 11 is 0. The molecule has 2 atom stereocenters. The molecule has 0 bridgehead atoms. The van der Waals surface area contributed by atoms with E-state index in [9.17, 15) is 14.4 Å². The van der Waals surface area contributed by atoms with Gasteiger partial charge < -0.3 is 21.5 Å². The standard InChI is InChI=1S/C11H19N3O4/c12-4-2-1-3-8(11(17)18)14-6-7(10(13)16)5-9(14)15/h7-8H,1-6,12H2,(H2,13,16)(H,17,18). The molecule has 18 heavy (non-hydrogen) atoms. The zero-order valence-corrected chi connectivity index (χ0v) is 10.2. The van der Waals surface area contributed by atoms with Crippen LogP contribution in [0.3, 0.4) is 0 Å². The quantitative estimate of drug-likeness (QED) is 0.499. The molecule has 2 unspecified atom stereocenters. The third-order valence-electron chi connectivity index (χ3n) is 3.15. The van der Waals surface area contributed by atoms with E-state index >= 15 is 0 Å². The van der Waals surface area contributed by atoms with Gasteiger partial charge in [-0.1, -0.05) is 0 Å². The SMILES string of the molecule is NCCCCC(C(=O)O)N1CC(C(N)=O)CC1=O. The van der Waals surface area contributed by atoms with Gasteiger partial charge in [-0.05, 0) is 25.8 Å². The smallest absolute Gasteiger partial charge is 0.326 e. The number of unbranched alkanes of at least 4 members (excludes halogenated alkanes) is 1. The Balaban J connectivity index is 2.65. The Kier molecular flexibility index (Phi) is 5.08. The first-order chi connectivity index (χ1) is 8.47. The number of primary amides is 1. The highest BCUT2D eigenvalue weighted by molar-refractivity contribution is 5.91. The van der Waals surface area contributed by atoms with Gasteiger partial charge in [0.1, 0.15) is 6.04 Å². The van der Waals surface area contributed by atoms with E-state index in [-0.39, 0.29) is 18.9 Å². The van der Waals surface area contributed by atoms with Crippen molar-refractivity contribution in [3.05, 3.63) is 0 Å². The number of carboxylic acid groups (broad SMARTS) is 1. The second-order valence-electron chi connectivity index (χ2n) is 4.49. The number of rotatable bonds is 7. The van der Waals surface area contributed by atoms with Crippen molar-refractivity contribution >= 4 is 17.8 Å². The fourth-order valence-electron chi connectivity index (χ4n) is 2.12. The fourth-order valence-corrected chi connectivity index (χ4v) is 2.12. The highest BCUT2D eigenvalue weighted by atomic mass is 16.4. The highest BCUT2D eigenvalue weighted by Gasteiger charge is 2.39. The van der Waals surface area contributed by atoms with Crippen LogP contribution in [0.15, 0.2) is 0 Å². The Morgan fingerprint density at radius 1 is 1.44 bits per heavy atom. The largest absolute Gasteiger partial charge is 0.480 e. The van der Waals surface area contributed by atoms with Gasteiger partial charge in [0.15, 0.2) is 0 Å². The molecule has 0 spiro atoms. The highest BCUT2D eigenvalue weighted by Crippen LogP contribution is 2.22. The molecule has 0 aromatic rings. The van der Waals surface area contributed by atoms with E-state index in [0.717, 1.165) is 0 Å². The molecule has 102 valence electrons. The predicted molar refractivity (Wildman–Crippen MR) is 63.3 cm³/mol. The van der Waals surface area contributed by atoms with Crippen LogP contribution in [0.1, 0.15) is 25.7 Å². The fraction of sp³-hybridized carbons (Fsp3) is 0.727. The Bertz CT molecular complexity index is 345. The second-order valence-corrected chi connectivity index (χ2v) is 4.49. The van der Waals surface area contributed by atoms with Gasteiger partial charge in [-0.25, -0.2) is 4.79 Å². The maximum atomic E-state index is 11.7. The molecule has 1 rings (SSSR count). The third kappa shape index (κ3) is 3.43. The van der Waals surface area contributed by atoms with Crippen molar-refractivity contribution in [3.63, 3.8) is 0 Å². The monoisotopic (exact) mass is 257 g/mol. The van der Waals surface area contributed by atoms with Crippen molar-refractivity contribution in [2.24, 2.45) is 17.4 Å². The molecule has 5 N–H and O–H groups in total. The summed E-state index contributed by atoms with van der Waals surface area (Å²) in [7, 11) is 0. The van der Waals surface area contributed by atoms with E-state index < -0.39 is 23.8 Å². The lowest BCUT2D eigenvalue weighted by molar-refractivity contribution is -0.148. The summed E-state index contributed by atoms with van der Waals surface area (Å²) in [6, 6.07) is -0.881. The Morgan fingerprint density at radius 3 is 2.56 bits per heavy atom. The van der Waals surface area contributed by atoms with Gasteiger partial charge in [0.05, 0.1) is 5.92 Å². The molecule has 7 heteroatoms. The molecule has 2 amide bonds. The van der Waals surface area contributed by atoms with Crippen molar-refractivity contribution in [1.82, 2.24) is 4.90 Å². The Morgan fingerprint density at radius 2 is 2.11 bits per heavy atom. The topological polar surface area (TPSA) is 127 Å². The number of hydrogen-bond acceptors (Lipinski definition) is 4. The number of nitrogens with two attached hydrogens (primary N) is 2. The first kappa shape index (κ1) is 14.4. The number of likely N-dealkylation sites (tertiary alicyclic amines) is 1. The minimum atomic E-state index is -1.05. The summed E-state index contributed by atoms with van der Waals surface area (Å²) in [5.74, 6) is -2.50. The zero-order valence-electron chi connectivity index (χ0n) is 10.2. The summed E-state index contributed by atoms with van der Waals surface area (Å²) in [5.41, 5.74) is 10.5. The lowest BCUT2D eigenvalue weighted by Gasteiger charge is -2.24. The lowest BCUT2D eigenvalue weighted by Crippen LogP contribution is -2.42. The zero-order chi connectivity index (χ0) is 13.7. The van der Waals surface area contributed by atoms with Crippen molar-refractivity contribution in [3.8, 4) is 0 Å². The van der Waals surface area contributed by atoms with Crippen LogP contribution in [-0.4, -0.2) is 46.9 Å². The van der Waals surface area contributed by atoms with Gasteiger partial charge in [0.25, 0.3) is 0 Å². The average Bonchev–Trinajstić information content (AvgIpc) is 2.66. The molecule has 7 nitrogen and oxygen atoms in total. The number of carboxylic acids is 1. The molecule has 1 heterocycles. The number of nitrogens with zero attached hydrogens (tertiary/aromatic N) is 1. The Hall–Kier alpha value is -1.63. The molecular formula is C11H19N3O4. The third-order valence-corrected chi connectivity index (χ3v) is 3.15. The van der Waals surface area contributed by atoms with Crippen molar-refractivity contribution < 1.29 is 19.5 Å². The van der Waals surface area contributed by atoms with Gasteiger partial charge in [-0.2, -0.15) is 0 Å². The summed E-state index contributed by atoms with van der Waals surface area (Å²) in [5, 5.41) is 9.13. The van der Waals surface area contributed by atoms with Gasteiger partial charge >= 0.3 is 5.97 Å². The Labute approximate surface area is 105 Å². The van der Waals surface area contributed by atoms with Gasteiger partial charge in [-0.15, -0.1) is 0 Å². The first-order valence-electron chi connectivity index (χ1n) is 5.99. The van der Waals surface area contributed by atoms with Crippen LogP contribution < -0.4 is 11.5 Å². The van der Waals surface area contributed by atoms with Crippen molar-refractivity contribution in [2.45, 2.75) is 31.7 Å². The van der Waals surface area contributed by atoms with Crippen molar-refractivity contribution in [2.75, 3.05) is 13.1 Å². The van der Waals surface area contributed by atoms with Crippen LogP contribution in [0.4, 0.5) is 0 Å².